The number of hydrogen-bond donors (Lipinski definition) is 1. The Bertz CT molecular complexity index is 793. The molecular formula is C18H23N5O3. The van der Waals surface area contributed by atoms with Gasteiger partial charge in [-0.05, 0) is 19.2 Å². The third-order valence-electron chi connectivity index (χ3n) is 5.12. The lowest BCUT2D eigenvalue weighted by molar-refractivity contribution is -0.117. The summed E-state index contributed by atoms with van der Waals surface area (Å²) in [6.45, 7) is 3.22. The average molecular weight is 357 g/mol. The molecule has 8 nitrogen and oxygen atoms in total. The Morgan fingerprint density at radius 2 is 2.19 bits per heavy atom. The lowest BCUT2D eigenvalue weighted by atomic mass is 10.1. The molecule has 1 aromatic heterocycles. The fourth-order valence-corrected chi connectivity index (χ4v) is 3.60. The number of para-hydroxylation sites is 2. The monoisotopic (exact) mass is 357 g/mol. The van der Waals surface area contributed by atoms with Crippen LogP contribution >= 0.6 is 0 Å². The molecule has 2 fully saturated rings. The molecule has 0 bridgehead atoms. The number of anilines is 1. The molecule has 2 atom stereocenters. The van der Waals surface area contributed by atoms with Gasteiger partial charge in [0.2, 0.25) is 11.8 Å². The Morgan fingerprint density at radius 3 is 3.00 bits per heavy atom. The van der Waals surface area contributed by atoms with E-state index in [0.717, 1.165) is 25.3 Å². The number of methoxy groups -OCH3 is 1. The number of carbonyl (C=O) groups is 1. The maximum Gasteiger partial charge on any atom is 0.232 e. The van der Waals surface area contributed by atoms with E-state index in [4.69, 9.17) is 9.26 Å². The van der Waals surface area contributed by atoms with Crippen LogP contribution < -0.4 is 15.0 Å². The van der Waals surface area contributed by atoms with Crippen LogP contribution in [0.5, 0.6) is 5.75 Å². The lowest BCUT2D eigenvalue weighted by Gasteiger charge is -2.30. The Hall–Kier alpha value is -2.45. The zero-order valence-electron chi connectivity index (χ0n) is 15.0. The van der Waals surface area contributed by atoms with Crippen LogP contribution in [0.4, 0.5) is 5.69 Å². The Morgan fingerprint density at radius 1 is 1.35 bits per heavy atom. The molecule has 2 saturated heterocycles. The highest BCUT2D eigenvalue weighted by Crippen LogP contribution is 2.36. The summed E-state index contributed by atoms with van der Waals surface area (Å²) >= 11 is 0. The largest absolute Gasteiger partial charge is 0.495 e. The minimum absolute atomic E-state index is 0.0377. The van der Waals surface area contributed by atoms with E-state index in [2.05, 4.69) is 27.4 Å². The number of hydrogen-bond acceptors (Lipinski definition) is 7. The van der Waals surface area contributed by atoms with E-state index in [1.54, 1.807) is 12.0 Å². The minimum atomic E-state index is -0.101. The summed E-state index contributed by atoms with van der Waals surface area (Å²) in [4.78, 5) is 21.1. The maximum atomic E-state index is 12.5. The third kappa shape index (κ3) is 3.06. The van der Waals surface area contributed by atoms with Gasteiger partial charge in [0, 0.05) is 32.6 Å². The molecule has 2 aromatic rings. The predicted octanol–water partition coefficient (Wildman–Crippen LogP) is 1.17. The van der Waals surface area contributed by atoms with Crippen LogP contribution in [0.25, 0.3) is 0 Å². The van der Waals surface area contributed by atoms with E-state index < -0.39 is 0 Å². The standard InChI is InChI=1S/C18H23N5O3/c1-22-8-7-19-10-14(22)17-20-18(26-21-17)12-9-16(24)23(11-12)13-5-3-4-6-15(13)25-2/h3-6,12,14,19H,7-11H2,1-2H3. The van der Waals surface area contributed by atoms with E-state index in [-0.39, 0.29) is 17.9 Å². The number of rotatable bonds is 4. The van der Waals surface area contributed by atoms with Crippen molar-refractivity contribution in [3.63, 3.8) is 0 Å². The summed E-state index contributed by atoms with van der Waals surface area (Å²) in [6, 6.07) is 7.63. The second-order valence-corrected chi connectivity index (χ2v) is 6.77. The van der Waals surface area contributed by atoms with Crippen molar-refractivity contribution in [2.24, 2.45) is 0 Å². The highest BCUT2D eigenvalue weighted by molar-refractivity contribution is 5.97. The minimum Gasteiger partial charge on any atom is -0.495 e. The summed E-state index contributed by atoms with van der Waals surface area (Å²) in [5, 5.41) is 7.52. The highest BCUT2D eigenvalue weighted by Gasteiger charge is 2.37. The molecule has 0 saturated carbocycles. The molecule has 26 heavy (non-hydrogen) atoms. The van der Waals surface area contributed by atoms with E-state index in [1.165, 1.54) is 0 Å². The quantitative estimate of drug-likeness (QED) is 0.879. The fraction of sp³-hybridized carbons (Fsp3) is 0.500. The number of ether oxygens (including phenoxy) is 1. The highest BCUT2D eigenvalue weighted by atomic mass is 16.5. The van der Waals surface area contributed by atoms with Crippen molar-refractivity contribution in [1.82, 2.24) is 20.4 Å². The van der Waals surface area contributed by atoms with E-state index in [1.807, 2.05) is 24.3 Å². The molecule has 0 aliphatic carbocycles. The van der Waals surface area contributed by atoms with Gasteiger partial charge < -0.3 is 19.5 Å². The number of nitrogens with one attached hydrogen (secondary N) is 1. The van der Waals surface area contributed by atoms with Crippen LogP contribution in [-0.2, 0) is 4.79 Å². The first-order valence-corrected chi connectivity index (χ1v) is 8.85. The molecule has 1 amide bonds. The van der Waals surface area contributed by atoms with Crippen LogP contribution in [0.2, 0.25) is 0 Å². The number of likely N-dealkylation sites (N-methyl/N-ethyl adjacent to an activating group) is 1. The van der Waals surface area contributed by atoms with Gasteiger partial charge in [-0.15, -0.1) is 0 Å². The van der Waals surface area contributed by atoms with Crippen molar-refractivity contribution >= 4 is 11.6 Å². The molecule has 2 aliphatic heterocycles. The molecule has 0 spiro atoms. The number of amides is 1. The summed E-state index contributed by atoms with van der Waals surface area (Å²) in [6.07, 6.45) is 0.360. The molecular weight excluding hydrogens is 334 g/mol. The van der Waals surface area contributed by atoms with Crippen molar-refractivity contribution in [2.75, 3.05) is 45.2 Å². The fourth-order valence-electron chi connectivity index (χ4n) is 3.60. The second-order valence-electron chi connectivity index (χ2n) is 6.77. The van der Waals surface area contributed by atoms with Crippen molar-refractivity contribution in [3.8, 4) is 5.75 Å². The summed E-state index contributed by atoms with van der Waals surface area (Å²) in [7, 11) is 3.67. The third-order valence-corrected chi connectivity index (χ3v) is 5.12. The predicted molar refractivity (Wildman–Crippen MR) is 95.2 cm³/mol. The van der Waals surface area contributed by atoms with Crippen molar-refractivity contribution in [3.05, 3.63) is 36.0 Å². The number of piperazine rings is 1. The smallest absolute Gasteiger partial charge is 0.232 e. The molecule has 8 heteroatoms. The van der Waals surface area contributed by atoms with Gasteiger partial charge in [-0.3, -0.25) is 9.69 Å². The average Bonchev–Trinajstić information content (AvgIpc) is 3.29. The Kier molecular flexibility index (Phi) is 4.60. The zero-order valence-corrected chi connectivity index (χ0v) is 15.0. The van der Waals surface area contributed by atoms with Gasteiger partial charge in [-0.2, -0.15) is 4.98 Å². The number of benzene rings is 1. The van der Waals surface area contributed by atoms with Gasteiger partial charge in [0.15, 0.2) is 5.82 Å². The first-order valence-electron chi connectivity index (χ1n) is 8.85. The van der Waals surface area contributed by atoms with Crippen LogP contribution in [-0.4, -0.2) is 61.3 Å². The van der Waals surface area contributed by atoms with Gasteiger partial charge in [-0.25, -0.2) is 0 Å². The lowest BCUT2D eigenvalue weighted by Crippen LogP contribution is -2.44. The topological polar surface area (TPSA) is 83.7 Å². The van der Waals surface area contributed by atoms with Crippen molar-refractivity contribution in [2.45, 2.75) is 18.4 Å². The van der Waals surface area contributed by atoms with Crippen LogP contribution in [0.3, 0.4) is 0 Å². The van der Waals surface area contributed by atoms with Gasteiger partial charge in [0.1, 0.15) is 5.75 Å². The summed E-state index contributed by atoms with van der Waals surface area (Å²) in [5.41, 5.74) is 0.776. The SMILES string of the molecule is COc1ccccc1N1CC(c2nc(C3CNCCN3C)no2)CC1=O. The molecule has 138 valence electrons. The van der Waals surface area contributed by atoms with E-state index >= 15 is 0 Å². The molecule has 1 aromatic carbocycles. The van der Waals surface area contributed by atoms with Gasteiger partial charge in [0.05, 0.1) is 24.8 Å². The molecule has 3 heterocycles. The molecule has 4 rings (SSSR count). The second kappa shape index (κ2) is 7.05. The summed E-state index contributed by atoms with van der Waals surface area (Å²) in [5.74, 6) is 1.83. The van der Waals surface area contributed by atoms with E-state index in [0.29, 0.717) is 30.4 Å². The maximum absolute atomic E-state index is 12.5. The van der Waals surface area contributed by atoms with Crippen LogP contribution in [0, 0.1) is 0 Å². The summed E-state index contributed by atoms with van der Waals surface area (Å²) < 4.78 is 10.9. The van der Waals surface area contributed by atoms with E-state index in [9.17, 15) is 4.79 Å². The number of nitrogens with zero attached hydrogens (tertiary/aromatic N) is 4. The van der Waals surface area contributed by atoms with Gasteiger partial charge in [0.25, 0.3) is 0 Å². The van der Waals surface area contributed by atoms with Crippen molar-refractivity contribution in [1.29, 1.82) is 0 Å². The van der Waals surface area contributed by atoms with Crippen molar-refractivity contribution < 1.29 is 14.1 Å². The van der Waals surface area contributed by atoms with Gasteiger partial charge in [-0.1, -0.05) is 17.3 Å². The number of carbonyl (C=O) groups excluding carboxylic acids is 1. The zero-order chi connectivity index (χ0) is 18.1. The molecule has 2 unspecified atom stereocenters. The Labute approximate surface area is 152 Å². The van der Waals surface area contributed by atoms with Gasteiger partial charge >= 0.3 is 0 Å². The normalized spacial score (nSPS) is 24.2. The molecule has 0 radical (unpaired) electrons. The van der Waals surface area contributed by atoms with Crippen LogP contribution in [0.15, 0.2) is 28.8 Å². The molecule has 1 N–H and O–H groups in total. The first kappa shape index (κ1) is 17.0. The Balaban J connectivity index is 1.52. The molecule has 2 aliphatic rings. The van der Waals surface area contributed by atoms with Crippen LogP contribution in [0.1, 0.15) is 30.1 Å². The first-order chi connectivity index (χ1) is 12.7. The number of aromatic nitrogens is 2.